The van der Waals surface area contributed by atoms with E-state index in [2.05, 4.69) is 13.8 Å². The van der Waals surface area contributed by atoms with Crippen molar-refractivity contribution in [3.05, 3.63) is 144 Å². The first kappa shape index (κ1) is 29.9. The molecule has 3 heterocycles. The summed E-state index contributed by atoms with van der Waals surface area (Å²) in [4.78, 5) is 34.2. The highest BCUT2D eigenvalue weighted by Crippen LogP contribution is 2.36. The van der Waals surface area contributed by atoms with Crippen LogP contribution in [0.25, 0.3) is 11.8 Å². The van der Waals surface area contributed by atoms with Crippen molar-refractivity contribution in [2.45, 2.75) is 42.7 Å². The second-order valence-electron chi connectivity index (χ2n) is 10.5. The van der Waals surface area contributed by atoms with Gasteiger partial charge < -0.3 is 9.15 Å². The number of carbonyl (C=O) groups excluding carboxylic acids is 1. The Morgan fingerprint density at radius 3 is 2.45 bits per heavy atom. The van der Waals surface area contributed by atoms with Gasteiger partial charge in [0.25, 0.3) is 5.56 Å². The van der Waals surface area contributed by atoms with Gasteiger partial charge in [0.15, 0.2) is 9.89 Å². The minimum Gasteiger partial charge on any atom is -0.463 e. The molecule has 0 bridgehead atoms. The van der Waals surface area contributed by atoms with Crippen molar-refractivity contribution in [1.82, 2.24) is 4.57 Å². The first-order valence-corrected chi connectivity index (χ1v) is 16.2. The summed E-state index contributed by atoms with van der Waals surface area (Å²) < 4.78 is 13.7. The molecule has 3 aromatic carbocycles. The van der Waals surface area contributed by atoms with Crippen LogP contribution in [0.15, 0.2) is 121 Å². The van der Waals surface area contributed by atoms with Gasteiger partial charge in [0.05, 0.1) is 28.5 Å². The van der Waals surface area contributed by atoms with E-state index in [0.29, 0.717) is 42.4 Å². The molecule has 222 valence electrons. The Morgan fingerprint density at radius 2 is 1.77 bits per heavy atom. The maximum atomic E-state index is 14.1. The molecule has 6 rings (SSSR count). The molecule has 0 unspecified atom stereocenters. The fraction of sp³-hybridized carbons (Fsp3) is 0.171. The van der Waals surface area contributed by atoms with Crippen LogP contribution in [-0.2, 0) is 9.53 Å². The highest BCUT2D eigenvalue weighted by atomic mass is 35.5. The monoisotopic (exact) mass is 640 g/mol. The number of benzene rings is 3. The Bertz CT molecular complexity index is 2020. The van der Waals surface area contributed by atoms with Gasteiger partial charge in [-0.15, -0.1) is 0 Å². The van der Waals surface area contributed by atoms with Crippen molar-refractivity contribution < 1.29 is 13.9 Å². The number of thiazole rings is 1. The Hall–Kier alpha value is -4.11. The molecule has 0 spiro atoms. The maximum Gasteiger partial charge on any atom is 0.338 e. The van der Waals surface area contributed by atoms with Gasteiger partial charge in [0, 0.05) is 21.6 Å². The highest BCUT2D eigenvalue weighted by molar-refractivity contribution is 7.99. The Morgan fingerprint density at radius 1 is 1.05 bits per heavy atom. The lowest BCUT2D eigenvalue weighted by atomic mass is 9.91. The average Bonchev–Trinajstić information content (AvgIpc) is 3.60. The molecule has 5 aromatic rings. The number of fused-ring (bicyclic) bond motifs is 1. The molecule has 44 heavy (non-hydrogen) atoms. The van der Waals surface area contributed by atoms with Crippen LogP contribution >= 0.6 is 34.7 Å². The molecule has 0 fully saturated rings. The van der Waals surface area contributed by atoms with E-state index < -0.39 is 12.0 Å². The summed E-state index contributed by atoms with van der Waals surface area (Å²) in [5, 5.41) is 1.35. The Labute approximate surface area is 268 Å². The van der Waals surface area contributed by atoms with E-state index in [1.807, 2.05) is 91.0 Å². The topological polar surface area (TPSA) is 73.8 Å². The lowest BCUT2D eigenvalue weighted by Gasteiger charge is -2.26. The van der Waals surface area contributed by atoms with Gasteiger partial charge in [-0.3, -0.25) is 9.36 Å². The van der Waals surface area contributed by atoms with E-state index in [1.54, 1.807) is 17.6 Å². The van der Waals surface area contributed by atoms with Crippen LogP contribution in [-0.4, -0.2) is 17.1 Å². The minimum absolute atomic E-state index is 0.197. The Kier molecular flexibility index (Phi) is 8.75. The molecule has 0 amide bonds. The van der Waals surface area contributed by atoms with Gasteiger partial charge in [-0.05, 0) is 60.4 Å². The highest BCUT2D eigenvalue weighted by Gasteiger charge is 2.35. The fourth-order valence-electron chi connectivity index (χ4n) is 5.03. The first-order valence-electron chi connectivity index (χ1n) is 14.2. The van der Waals surface area contributed by atoms with Crippen molar-refractivity contribution >= 4 is 52.4 Å². The van der Waals surface area contributed by atoms with Crippen LogP contribution in [0.1, 0.15) is 55.2 Å². The predicted octanol–water partition coefficient (Wildman–Crippen LogP) is 7.46. The summed E-state index contributed by atoms with van der Waals surface area (Å²) in [5.74, 6) is 0.372. The van der Waals surface area contributed by atoms with Crippen molar-refractivity contribution in [3.8, 4) is 0 Å². The van der Waals surface area contributed by atoms with Gasteiger partial charge in [0.1, 0.15) is 5.76 Å². The van der Waals surface area contributed by atoms with E-state index in [4.69, 9.17) is 25.7 Å². The number of carbonyl (C=O) groups is 1. The van der Waals surface area contributed by atoms with E-state index in [-0.39, 0.29) is 12.2 Å². The first-order chi connectivity index (χ1) is 21.3. The van der Waals surface area contributed by atoms with Crippen LogP contribution in [0.3, 0.4) is 0 Å². The second-order valence-corrected chi connectivity index (χ2v) is 13.0. The molecule has 0 N–H and O–H groups in total. The van der Waals surface area contributed by atoms with Crippen LogP contribution in [0.4, 0.5) is 0 Å². The lowest BCUT2D eigenvalue weighted by Crippen LogP contribution is -2.40. The SMILES string of the molecule is CCOC(=O)C1=C(c2ccccc2)N=c2s/c(=C/c3ccc(Sc4ccc(Cl)cc4)o3)c(=O)n2[C@@H]1c1ccc(C(C)C)cc1. The lowest BCUT2D eigenvalue weighted by molar-refractivity contribution is -0.138. The van der Waals surface area contributed by atoms with Gasteiger partial charge in [0.2, 0.25) is 0 Å². The average molecular weight is 641 g/mol. The molecule has 0 saturated carbocycles. The molecule has 1 aliphatic rings. The molecular formula is C35H29ClN2O4S2. The minimum atomic E-state index is -0.725. The van der Waals surface area contributed by atoms with Crippen LogP contribution in [0, 0.1) is 0 Å². The van der Waals surface area contributed by atoms with Crippen LogP contribution in [0.2, 0.25) is 5.02 Å². The van der Waals surface area contributed by atoms with Gasteiger partial charge in [-0.1, -0.05) is 103 Å². The van der Waals surface area contributed by atoms with Crippen molar-refractivity contribution in [2.24, 2.45) is 4.99 Å². The number of ether oxygens (including phenoxy) is 1. The second kappa shape index (κ2) is 12.9. The number of rotatable bonds is 8. The third-order valence-electron chi connectivity index (χ3n) is 7.20. The summed E-state index contributed by atoms with van der Waals surface area (Å²) in [6.45, 7) is 6.22. The molecule has 0 saturated heterocycles. The van der Waals surface area contributed by atoms with Gasteiger partial charge >= 0.3 is 5.97 Å². The van der Waals surface area contributed by atoms with Crippen LogP contribution in [0.5, 0.6) is 0 Å². The number of hydrogen-bond donors (Lipinski definition) is 0. The molecule has 0 aliphatic carbocycles. The summed E-state index contributed by atoms with van der Waals surface area (Å²) in [6, 6.07) is 28.1. The summed E-state index contributed by atoms with van der Waals surface area (Å²) >= 11 is 8.75. The standard InChI is InChI=1S/C35H29ClN2O4S2/c1-4-41-34(40)30-31(23-8-6-5-7-9-23)37-35-38(32(30)24-12-10-22(11-13-24)21(2)3)33(39)28(44-35)20-26-16-19-29(42-26)43-27-17-14-25(36)15-18-27/h5-21,32H,4H2,1-3H3/b28-20+/t32-/m1/s1. The third kappa shape index (κ3) is 6.11. The number of halogens is 1. The van der Waals surface area contributed by atoms with E-state index in [1.165, 1.54) is 23.1 Å². The van der Waals surface area contributed by atoms with Crippen molar-refractivity contribution in [1.29, 1.82) is 0 Å². The number of furan rings is 1. The third-order valence-corrected chi connectivity index (χ3v) is 9.36. The van der Waals surface area contributed by atoms with E-state index in [0.717, 1.165) is 21.6 Å². The normalized spacial score (nSPS) is 14.9. The number of nitrogens with zero attached hydrogens (tertiary/aromatic N) is 2. The molecular weight excluding hydrogens is 612 g/mol. The summed E-state index contributed by atoms with van der Waals surface area (Å²) in [6.07, 6.45) is 1.73. The number of hydrogen-bond acceptors (Lipinski definition) is 7. The van der Waals surface area contributed by atoms with Gasteiger partial charge in [-0.2, -0.15) is 0 Å². The smallest absolute Gasteiger partial charge is 0.338 e. The van der Waals surface area contributed by atoms with Crippen molar-refractivity contribution in [3.63, 3.8) is 0 Å². The fourth-order valence-corrected chi connectivity index (χ4v) is 6.92. The van der Waals surface area contributed by atoms with E-state index in [9.17, 15) is 9.59 Å². The maximum absolute atomic E-state index is 14.1. The van der Waals surface area contributed by atoms with E-state index >= 15 is 0 Å². The molecule has 0 radical (unpaired) electrons. The quantitative estimate of drug-likeness (QED) is 0.165. The molecule has 6 nitrogen and oxygen atoms in total. The summed E-state index contributed by atoms with van der Waals surface area (Å²) in [7, 11) is 0. The predicted molar refractivity (Wildman–Crippen MR) is 176 cm³/mol. The molecule has 1 aliphatic heterocycles. The van der Waals surface area contributed by atoms with Gasteiger partial charge in [-0.25, -0.2) is 9.79 Å². The molecule has 1 atom stereocenters. The largest absolute Gasteiger partial charge is 0.463 e. The van der Waals surface area contributed by atoms with Crippen molar-refractivity contribution in [2.75, 3.05) is 6.61 Å². The zero-order valence-corrected chi connectivity index (χ0v) is 26.7. The molecule has 9 heteroatoms. The Balaban J connectivity index is 1.50. The molecule has 2 aromatic heterocycles. The van der Waals surface area contributed by atoms with Crippen LogP contribution < -0.4 is 14.9 Å². The number of aromatic nitrogens is 1. The summed E-state index contributed by atoms with van der Waals surface area (Å²) in [5.41, 5.74) is 3.29. The zero-order valence-electron chi connectivity index (χ0n) is 24.3. The zero-order chi connectivity index (χ0) is 30.8. The number of esters is 1.